The predicted molar refractivity (Wildman–Crippen MR) is 71.5 cm³/mol. The van der Waals surface area contributed by atoms with Gasteiger partial charge in [-0.1, -0.05) is 13.8 Å². The third-order valence-electron chi connectivity index (χ3n) is 3.48. The lowest BCUT2D eigenvalue weighted by atomic mass is 10.00. The van der Waals surface area contributed by atoms with E-state index in [1.165, 1.54) is 6.07 Å². The molecule has 2 aromatic rings. The van der Waals surface area contributed by atoms with Crippen molar-refractivity contribution in [3.8, 4) is 5.75 Å². The molecule has 1 saturated heterocycles. The van der Waals surface area contributed by atoms with Gasteiger partial charge in [-0.05, 0) is 24.1 Å². The summed E-state index contributed by atoms with van der Waals surface area (Å²) in [5, 5.41) is 0.883. The minimum atomic E-state index is -0.358. The van der Waals surface area contributed by atoms with Crippen LogP contribution in [0.15, 0.2) is 33.5 Å². The van der Waals surface area contributed by atoms with Crippen molar-refractivity contribution in [3.05, 3.63) is 40.2 Å². The van der Waals surface area contributed by atoms with Crippen LogP contribution in [0.3, 0.4) is 0 Å². The second kappa shape index (κ2) is 4.38. The molecule has 1 aliphatic rings. The molecule has 2 heterocycles. The molecular formula is C15H16O4. The molecule has 0 bridgehead atoms. The third-order valence-corrected chi connectivity index (χ3v) is 3.48. The van der Waals surface area contributed by atoms with Gasteiger partial charge in [0.2, 0.25) is 0 Å². The smallest absolute Gasteiger partial charge is 0.336 e. The Balaban J connectivity index is 2.20. The number of hydrogen-bond acceptors (Lipinski definition) is 4. The van der Waals surface area contributed by atoms with Crippen molar-refractivity contribution in [1.29, 1.82) is 0 Å². The fourth-order valence-corrected chi connectivity index (χ4v) is 2.45. The van der Waals surface area contributed by atoms with Gasteiger partial charge in [-0.15, -0.1) is 0 Å². The zero-order valence-electron chi connectivity index (χ0n) is 11.2. The Morgan fingerprint density at radius 2 is 1.95 bits per heavy atom. The van der Waals surface area contributed by atoms with Gasteiger partial charge in [-0.2, -0.15) is 0 Å². The molecule has 19 heavy (non-hydrogen) atoms. The van der Waals surface area contributed by atoms with Gasteiger partial charge in [0, 0.05) is 11.5 Å². The Hall–Kier alpha value is -1.81. The molecule has 4 heteroatoms. The predicted octanol–water partition coefficient (Wildman–Crippen LogP) is 2.90. The van der Waals surface area contributed by atoms with E-state index in [4.69, 9.17) is 13.9 Å². The number of epoxide rings is 1. The van der Waals surface area contributed by atoms with Crippen molar-refractivity contribution in [2.45, 2.75) is 26.1 Å². The van der Waals surface area contributed by atoms with Gasteiger partial charge in [-0.25, -0.2) is 4.79 Å². The molecule has 3 rings (SSSR count). The van der Waals surface area contributed by atoms with Crippen molar-refractivity contribution < 1.29 is 13.9 Å². The van der Waals surface area contributed by atoms with Crippen LogP contribution < -0.4 is 10.4 Å². The Bertz CT molecular complexity index is 671. The first-order chi connectivity index (χ1) is 9.11. The number of fused-ring (bicyclic) bond motifs is 1. The van der Waals surface area contributed by atoms with Crippen LogP contribution in [0.5, 0.6) is 5.75 Å². The van der Waals surface area contributed by atoms with E-state index in [1.807, 2.05) is 12.1 Å². The van der Waals surface area contributed by atoms with Crippen LogP contribution in [0.4, 0.5) is 0 Å². The number of methoxy groups -OCH3 is 1. The normalized spacial score (nSPS) is 21.9. The van der Waals surface area contributed by atoms with Crippen LogP contribution in [0, 0.1) is 5.92 Å². The van der Waals surface area contributed by atoms with Crippen LogP contribution in [-0.4, -0.2) is 13.2 Å². The van der Waals surface area contributed by atoms with E-state index >= 15 is 0 Å². The molecule has 0 saturated carbocycles. The molecule has 0 N–H and O–H groups in total. The lowest BCUT2D eigenvalue weighted by Gasteiger charge is -2.09. The molecule has 1 aliphatic heterocycles. The number of rotatable bonds is 3. The summed E-state index contributed by atoms with van der Waals surface area (Å²) >= 11 is 0. The van der Waals surface area contributed by atoms with Gasteiger partial charge in [0.1, 0.15) is 17.4 Å². The minimum absolute atomic E-state index is 0.0517. The second-order valence-electron chi connectivity index (χ2n) is 5.12. The molecule has 0 spiro atoms. The summed E-state index contributed by atoms with van der Waals surface area (Å²) < 4.78 is 16.4. The fourth-order valence-electron chi connectivity index (χ4n) is 2.45. The van der Waals surface area contributed by atoms with Crippen molar-refractivity contribution in [3.63, 3.8) is 0 Å². The average Bonchev–Trinajstić information content (AvgIpc) is 3.17. The molecule has 0 radical (unpaired) electrons. The topological polar surface area (TPSA) is 52.0 Å². The van der Waals surface area contributed by atoms with Crippen molar-refractivity contribution in [2.24, 2.45) is 5.92 Å². The molecular weight excluding hydrogens is 244 g/mol. The van der Waals surface area contributed by atoms with E-state index in [-0.39, 0.29) is 17.8 Å². The highest BCUT2D eigenvalue weighted by molar-refractivity contribution is 5.83. The van der Waals surface area contributed by atoms with E-state index in [0.29, 0.717) is 17.3 Å². The molecule has 2 atom stereocenters. The maximum atomic E-state index is 11.4. The summed E-state index contributed by atoms with van der Waals surface area (Å²) in [6.45, 7) is 4.22. The van der Waals surface area contributed by atoms with Crippen LogP contribution >= 0.6 is 0 Å². The first-order valence-corrected chi connectivity index (χ1v) is 6.38. The monoisotopic (exact) mass is 260 g/mol. The minimum Gasteiger partial charge on any atom is -0.496 e. The van der Waals surface area contributed by atoms with Crippen LogP contribution in [-0.2, 0) is 4.74 Å². The lowest BCUT2D eigenvalue weighted by Crippen LogP contribution is -2.02. The van der Waals surface area contributed by atoms with Gasteiger partial charge in [0.05, 0.1) is 18.8 Å². The van der Waals surface area contributed by atoms with Gasteiger partial charge in [0.15, 0.2) is 0 Å². The van der Waals surface area contributed by atoms with E-state index in [0.717, 1.165) is 10.9 Å². The maximum Gasteiger partial charge on any atom is 0.336 e. The van der Waals surface area contributed by atoms with Crippen molar-refractivity contribution in [2.75, 3.05) is 7.11 Å². The molecule has 0 amide bonds. The highest BCUT2D eigenvalue weighted by atomic mass is 16.6. The number of hydrogen-bond donors (Lipinski definition) is 0. The average molecular weight is 260 g/mol. The first-order valence-electron chi connectivity index (χ1n) is 6.38. The van der Waals surface area contributed by atoms with Gasteiger partial charge < -0.3 is 13.9 Å². The fraction of sp³-hybridized carbons (Fsp3) is 0.400. The highest BCUT2D eigenvalue weighted by Gasteiger charge is 2.45. The first kappa shape index (κ1) is 12.2. The van der Waals surface area contributed by atoms with E-state index in [9.17, 15) is 4.79 Å². The molecule has 2 unspecified atom stereocenters. The summed E-state index contributed by atoms with van der Waals surface area (Å²) in [4.78, 5) is 11.4. The Morgan fingerprint density at radius 1 is 1.21 bits per heavy atom. The summed E-state index contributed by atoms with van der Waals surface area (Å²) in [6, 6.07) is 6.95. The lowest BCUT2D eigenvalue weighted by molar-refractivity contribution is 0.332. The molecule has 4 nitrogen and oxygen atoms in total. The van der Waals surface area contributed by atoms with Gasteiger partial charge in [0.25, 0.3) is 0 Å². The SMILES string of the molecule is COc1ccc2ccc(=O)oc2c1C1OC1C(C)C. The third kappa shape index (κ3) is 2.02. The largest absolute Gasteiger partial charge is 0.496 e. The summed E-state index contributed by atoms with van der Waals surface area (Å²) in [5.74, 6) is 1.12. The quantitative estimate of drug-likeness (QED) is 0.629. The van der Waals surface area contributed by atoms with E-state index < -0.39 is 0 Å². The molecule has 1 fully saturated rings. The molecule has 0 aliphatic carbocycles. The molecule has 100 valence electrons. The van der Waals surface area contributed by atoms with Gasteiger partial charge >= 0.3 is 5.63 Å². The van der Waals surface area contributed by atoms with Crippen LogP contribution in [0.25, 0.3) is 11.0 Å². The zero-order chi connectivity index (χ0) is 13.6. The number of ether oxygens (including phenoxy) is 2. The highest BCUT2D eigenvalue weighted by Crippen LogP contribution is 2.48. The second-order valence-corrected chi connectivity index (χ2v) is 5.12. The van der Waals surface area contributed by atoms with Crippen LogP contribution in [0.1, 0.15) is 25.5 Å². The summed E-state index contributed by atoms with van der Waals surface area (Å²) in [5.41, 5.74) is 1.06. The standard InChI is InChI=1S/C15H16O4/c1-8(2)13-15(19-13)12-10(17-3)6-4-9-5-7-11(16)18-14(9)12/h4-8,13,15H,1-3H3. The maximum absolute atomic E-state index is 11.4. The summed E-state index contributed by atoms with van der Waals surface area (Å²) in [7, 11) is 1.61. The molecule has 1 aromatic carbocycles. The van der Waals surface area contributed by atoms with Crippen LogP contribution in [0.2, 0.25) is 0 Å². The Labute approximate surface area is 110 Å². The summed E-state index contributed by atoms with van der Waals surface area (Å²) in [6.07, 6.45) is 0.106. The van der Waals surface area contributed by atoms with Crippen molar-refractivity contribution >= 4 is 11.0 Å². The van der Waals surface area contributed by atoms with E-state index in [1.54, 1.807) is 13.2 Å². The molecule has 1 aromatic heterocycles. The Morgan fingerprint density at radius 3 is 2.58 bits per heavy atom. The Kier molecular flexibility index (Phi) is 2.82. The van der Waals surface area contributed by atoms with E-state index in [2.05, 4.69) is 13.8 Å². The zero-order valence-corrected chi connectivity index (χ0v) is 11.2. The van der Waals surface area contributed by atoms with Crippen molar-refractivity contribution in [1.82, 2.24) is 0 Å². The number of benzene rings is 1. The van der Waals surface area contributed by atoms with Gasteiger partial charge in [-0.3, -0.25) is 0 Å².